The number of benzene rings is 11. The van der Waals surface area contributed by atoms with Crippen LogP contribution in [0.4, 0.5) is 17.1 Å². The Kier molecular flexibility index (Phi) is 9.50. The molecule has 14 rings (SSSR count). The highest BCUT2D eigenvalue weighted by Crippen LogP contribution is 2.57. The van der Waals surface area contributed by atoms with Crippen LogP contribution in [0.1, 0.15) is 47.2 Å². The standard InChI is InChI=1S/C70H49NO/c1-69(2)61-26-12-10-25-58(61)68-64(69)28-16-29-65(68)71(54-39-35-48(36-40-54)51-38-42-67-60(45-51)57-24-11-14-30-66(57)72-67)55-22-15-17-49(43-55)46-31-33-47(34-32-46)50-37-41-63-59(44-50)56-23-9-13-27-62(56)70(63,52-18-5-3-6-19-52)53-20-7-4-8-21-53/h3-45H,1-2H3. The molecule has 0 amide bonds. The van der Waals surface area contributed by atoms with E-state index < -0.39 is 5.41 Å². The van der Waals surface area contributed by atoms with E-state index in [1.807, 2.05) is 12.1 Å². The number of fused-ring (bicyclic) bond motifs is 9. The third kappa shape index (κ3) is 6.35. The van der Waals surface area contributed by atoms with E-state index in [-0.39, 0.29) is 5.41 Å². The number of furan rings is 1. The molecule has 1 aromatic heterocycles. The Hall–Kier alpha value is -8.98. The SMILES string of the molecule is CC1(C)c2ccccc2-c2c(N(c3ccc(-c4ccc5oc6ccccc6c5c4)cc3)c3cccc(-c4ccc(-c5ccc6c(c5)-c5ccccc5C6(c5ccccc5)c5ccccc5)cc4)c3)cccc21. The lowest BCUT2D eigenvalue weighted by molar-refractivity contribution is 0.660. The number of hydrogen-bond acceptors (Lipinski definition) is 2. The van der Waals surface area contributed by atoms with Crippen molar-refractivity contribution in [3.8, 4) is 55.6 Å². The van der Waals surface area contributed by atoms with Gasteiger partial charge in [0.2, 0.25) is 0 Å². The van der Waals surface area contributed by atoms with Crippen LogP contribution in [0.3, 0.4) is 0 Å². The lowest BCUT2D eigenvalue weighted by atomic mass is 9.67. The molecule has 0 aliphatic heterocycles. The summed E-state index contributed by atoms with van der Waals surface area (Å²) in [5, 5.41) is 2.27. The lowest BCUT2D eigenvalue weighted by Gasteiger charge is -2.33. The van der Waals surface area contributed by atoms with Crippen molar-refractivity contribution in [3.05, 3.63) is 294 Å². The zero-order valence-corrected chi connectivity index (χ0v) is 40.2. The summed E-state index contributed by atoms with van der Waals surface area (Å²) in [4.78, 5) is 2.46. The predicted molar refractivity (Wildman–Crippen MR) is 300 cm³/mol. The molecule has 0 saturated heterocycles. The molecule has 2 heteroatoms. The van der Waals surface area contributed by atoms with Crippen LogP contribution < -0.4 is 4.90 Å². The van der Waals surface area contributed by atoms with Gasteiger partial charge in [0, 0.05) is 33.1 Å². The van der Waals surface area contributed by atoms with Gasteiger partial charge in [-0.05, 0) is 138 Å². The van der Waals surface area contributed by atoms with E-state index in [9.17, 15) is 0 Å². The van der Waals surface area contributed by atoms with E-state index in [2.05, 4.69) is 267 Å². The van der Waals surface area contributed by atoms with E-state index in [1.165, 1.54) is 78.0 Å². The van der Waals surface area contributed by atoms with E-state index in [4.69, 9.17) is 4.42 Å². The maximum atomic E-state index is 6.19. The molecule has 0 N–H and O–H groups in total. The van der Waals surface area contributed by atoms with Crippen LogP contribution in [0.2, 0.25) is 0 Å². The molecule has 0 atom stereocenters. The number of hydrogen-bond donors (Lipinski definition) is 0. The van der Waals surface area contributed by atoms with Crippen molar-refractivity contribution in [3.63, 3.8) is 0 Å². The van der Waals surface area contributed by atoms with Gasteiger partial charge < -0.3 is 9.32 Å². The number of nitrogens with zero attached hydrogens (tertiary/aromatic N) is 1. The first kappa shape index (κ1) is 41.9. The van der Waals surface area contributed by atoms with Gasteiger partial charge in [-0.15, -0.1) is 0 Å². The van der Waals surface area contributed by atoms with Crippen LogP contribution in [-0.2, 0) is 10.8 Å². The second kappa shape index (κ2) is 16.3. The van der Waals surface area contributed by atoms with Gasteiger partial charge in [0.05, 0.1) is 11.1 Å². The van der Waals surface area contributed by atoms with E-state index in [1.54, 1.807) is 0 Å². The number of anilines is 3. The van der Waals surface area contributed by atoms with Crippen LogP contribution in [0.25, 0.3) is 77.6 Å². The molecular weight excluding hydrogens is 871 g/mol. The summed E-state index contributed by atoms with van der Waals surface area (Å²) in [7, 11) is 0. The lowest BCUT2D eigenvalue weighted by Crippen LogP contribution is -2.28. The van der Waals surface area contributed by atoms with Crippen LogP contribution in [0, 0.1) is 0 Å². The fourth-order valence-corrected chi connectivity index (χ4v) is 12.4. The molecule has 72 heavy (non-hydrogen) atoms. The van der Waals surface area contributed by atoms with Crippen LogP contribution in [0.5, 0.6) is 0 Å². The molecule has 12 aromatic rings. The second-order valence-electron chi connectivity index (χ2n) is 20.0. The zero-order valence-electron chi connectivity index (χ0n) is 40.2. The average molecular weight is 920 g/mol. The van der Waals surface area contributed by atoms with Crippen LogP contribution in [0.15, 0.2) is 265 Å². The molecule has 0 spiro atoms. The van der Waals surface area contributed by atoms with Gasteiger partial charge >= 0.3 is 0 Å². The molecule has 2 nitrogen and oxygen atoms in total. The monoisotopic (exact) mass is 919 g/mol. The highest BCUT2D eigenvalue weighted by molar-refractivity contribution is 6.06. The fourth-order valence-electron chi connectivity index (χ4n) is 12.4. The molecule has 0 fully saturated rings. The first-order valence-corrected chi connectivity index (χ1v) is 25.1. The smallest absolute Gasteiger partial charge is 0.135 e. The van der Waals surface area contributed by atoms with Crippen molar-refractivity contribution in [1.29, 1.82) is 0 Å². The van der Waals surface area contributed by atoms with Crippen LogP contribution in [-0.4, -0.2) is 0 Å². The number of rotatable bonds is 8. The summed E-state index contributed by atoms with van der Waals surface area (Å²) in [6, 6.07) is 96.0. The molecule has 0 saturated carbocycles. The van der Waals surface area contributed by atoms with Crippen molar-refractivity contribution >= 4 is 39.0 Å². The van der Waals surface area contributed by atoms with E-state index in [0.29, 0.717) is 0 Å². The summed E-state index contributed by atoms with van der Waals surface area (Å²) < 4.78 is 6.19. The maximum absolute atomic E-state index is 6.19. The Bertz CT molecular complexity index is 4010. The van der Waals surface area contributed by atoms with Gasteiger partial charge in [-0.25, -0.2) is 0 Å². The van der Waals surface area contributed by atoms with Gasteiger partial charge in [-0.1, -0.05) is 220 Å². The quantitative estimate of drug-likeness (QED) is 0.151. The Morgan fingerprint density at radius 3 is 1.58 bits per heavy atom. The predicted octanol–water partition coefficient (Wildman–Crippen LogP) is 18.7. The van der Waals surface area contributed by atoms with Crippen molar-refractivity contribution < 1.29 is 4.42 Å². The maximum Gasteiger partial charge on any atom is 0.135 e. The molecule has 1 heterocycles. The van der Waals surface area contributed by atoms with Crippen LogP contribution >= 0.6 is 0 Å². The van der Waals surface area contributed by atoms with Gasteiger partial charge in [0.15, 0.2) is 0 Å². The summed E-state index contributed by atoms with van der Waals surface area (Å²) in [5.74, 6) is 0. The third-order valence-corrected chi connectivity index (χ3v) is 15.8. The third-order valence-electron chi connectivity index (χ3n) is 15.8. The minimum atomic E-state index is -0.414. The number of para-hydroxylation sites is 1. The van der Waals surface area contributed by atoms with Crippen molar-refractivity contribution in [1.82, 2.24) is 0 Å². The molecule has 0 bridgehead atoms. The summed E-state index contributed by atoms with van der Waals surface area (Å²) in [6.45, 7) is 4.71. The average Bonchev–Trinajstić information content (AvgIpc) is 4.05. The molecule has 0 unspecified atom stereocenters. The topological polar surface area (TPSA) is 16.4 Å². The first-order valence-electron chi connectivity index (χ1n) is 25.1. The molecule has 340 valence electrons. The minimum absolute atomic E-state index is 0.133. The first-order chi connectivity index (χ1) is 35.4. The molecular formula is C70H49NO. The highest BCUT2D eigenvalue weighted by Gasteiger charge is 2.46. The summed E-state index contributed by atoms with van der Waals surface area (Å²) in [5.41, 5.74) is 24.7. The summed E-state index contributed by atoms with van der Waals surface area (Å²) >= 11 is 0. The van der Waals surface area contributed by atoms with Crippen molar-refractivity contribution in [2.24, 2.45) is 0 Å². The van der Waals surface area contributed by atoms with Crippen molar-refractivity contribution in [2.45, 2.75) is 24.7 Å². The molecule has 2 aliphatic rings. The van der Waals surface area contributed by atoms with E-state index >= 15 is 0 Å². The minimum Gasteiger partial charge on any atom is -0.456 e. The molecule has 11 aromatic carbocycles. The Labute approximate surface area is 420 Å². The van der Waals surface area contributed by atoms with Gasteiger partial charge in [-0.2, -0.15) is 0 Å². The highest BCUT2D eigenvalue weighted by atomic mass is 16.3. The Balaban J connectivity index is 0.850. The van der Waals surface area contributed by atoms with Gasteiger partial charge in [0.1, 0.15) is 11.2 Å². The Morgan fingerprint density at radius 2 is 0.847 bits per heavy atom. The molecule has 2 aliphatic carbocycles. The second-order valence-corrected chi connectivity index (χ2v) is 20.0. The summed E-state index contributed by atoms with van der Waals surface area (Å²) in [6.07, 6.45) is 0. The largest absolute Gasteiger partial charge is 0.456 e. The Morgan fingerprint density at radius 1 is 0.319 bits per heavy atom. The van der Waals surface area contributed by atoms with Gasteiger partial charge in [-0.3, -0.25) is 0 Å². The fraction of sp³-hybridized carbons (Fsp3) is 0.0571. The van der Waals surface area contributed by atoms with Gasteiger partial charge in [0.25, 0.3) is 0 Å². The molecule has 0 radical (unpaired) electrons. The van der Waals surface area contributed by atoms with Crippen molar-refractivity contribution in [2.75, 3.05) is 4.90 Å². The van der Waals surface area contributed by atoms with E-state index in [0.717, 1.165) is 50.0 Å². The normalized spacial score (nSPS) is 13.6. The zero-order chi connectivity index (χ0) is 48.0.